The van der Waals surface area contributed by atoms with Crippen LogP contribution >= 0.6 is 23.2 Å². The van der Waals surface area contributed by atoms with Crippen molar-refractivity contribution in [2.45, 2.75) is 6.92 Å². The summed E-state index contributed by atoms with van der Waals surface area (Å²) in [7, 11) is 0. The number of hydrazone groups is 1. The number of carbonyl (C=O) groups is 2. The number of aromatic hydroxyl groups is 1. The van der Waals surface area contributed by atoms with Gasteiger partial charge in [-0.1, -0.05) is 23.2 Å². The minimum atomic E-state index is -1.31. The molecule has 1 amide bonds. The summed E-state index contributed by atoms with van der Waals surface area (Å²) in [6.07, 6.45) is 1.54. The number of benzene rings is 2. The van der Waals surface area contributed by atoms with Gasteiger partial charge in [-0.15, -0.1) is 0 Å². The molecule has 7 nitrogen and oxygen atoms in total. The Labute approximate surface area is 186 Å². The van der Waals surface area contributed by atoms with E-state index in [1.165, 1.54) is 18.2 Å². The van der Waals surface area contributed by atoms with E-state index >= 15 is 0 Å². The third kappa shape index (κ3) is 3.93. The fourth-order valence-electron chi connectivity index (χ4n) is 3.09. The summed E-state index contributed by atoms with van der Waals surface area (Å²) in [5.41, 5.74) is 1.21. The summed E-state index contributed by atoms with van der Waals surface area (Å²) >= 11 is 12.2. The van der Waals surface area contributed by atoms with E-state index < -0.39 is 17.6 Å². The number of nitrogens with zero attached hydrogens (tertiary/aromatic N) is 2. The monoisotopic (exact) mass is 456 g/mol. The zero-order valence-corrected chi connectivity index (χ0v) is 17.5. The van der Waals surface area contributed by atoms with E-state index in [0.29, 0.717) is 32.8 Å². The van der Waals surface area contributed by atoms with E-state index in [4.69, 9.17) is 27.6 Å². The second-order valence-electron chi connectivity index (χ2n) is 6.69. The lowest BCUT2D eigenvalue weighted by Gasteiger charge is -2.12. The molecule has 0 radical (unpaired) electrons. The summed E-state index contributed by atoms with van der Waals surface area (Å²) in [6.45, 7) is 1.65. The lowest BCUT2D eigenvalue weighted by atomic mass is 10.1. The number of hydrogen-bond donors (Lipinski definition) is 2. The minimum absolute atomic E-state index is 0.216. The average molecular weight is 457 g/mol. The van der Waals surface area contributed by atoms with Gasteiger partial charge in [-0.25, -0.2) is 4.79 Å². The average Bonchev–Trinajstić information content (AvgIpc) is 3.30. The van der Waals surface area contributed by atoms with Gasteiger partial charge in [0.25, 0.3) is 5.91 Å². The van der Waals surface area contributed by atoms with Crippen molar-refractivity contribution in [3.05, 3.63) is 75.5 Å². The molecule has 0 unspecified atom stereocenters. The van der Waals surface area contributed by atoms with Crippen LogP contribution in [0.1, 0.15) is 23.0 Å². The number of rotatable bonds is 4. The molecule has 0 spiro atoms. The van der Waals surface area contributed by atoms with E-state index in [2.05, 4.69) is 5.10 Å². The largest absolute Gasteiger partial charge is 0.507 e. The number of furan rings is 1. The molecule has 0 saturated carbocycles. The molecule has 156 valence electrons. The topological polar surface area (TPSA) is 103 Å². The van der Waals surface area contributed by atoms with E-state index in [1.807, 2.05) is 0 Å². The van der Waals surface area contributed by atoms with Gasteiger partial charge < -0.3 is 14.6 Å². The Balaban J connectivity index is 1.65. The molecule has 2 aromatic carbocycles. The molecule has 9 heteroatoms. The Morgan fingerprint density at radius 1 is 1.13 bits per heavy atom. The van der Waals surface area contributed by atoms with Gasteiger partial charge in [0.2, 0.25) is 0 Å². The Bertz CT molecular complexity index is 1290. The first-order valence-electron chi connectivity index (χ1n) is 8.98. The molecule has 3 aromatic rings. The summed E-state index contributed by atoms with van der Waals surface area (Å²) in [6, 6.07) is 12.2. The number of carboxylic acids is 1. The SMILES string of the molecule is CC1=NN(c2ccc(O)c(C(=O)O)c2)C(=O)/C1=C\c1ccc(-c2cc(Cl)ccc2Cl)o1. The maximum Gasteiger partial charge on any atom is 0.339 e. The number of aromatic carboxylic acids is 1. The van der Waals surface area contributed by atoms with Gasteiger partial charge in [-0.2, -0.15) is 10.1 Å². The van der Waals surface area contributed by atoms with E-state index in [1.54, 1.807) is 43.3 Å². The molecule has 1 aliphatic rings. The van der Waals surface area contributed by atoms with Crippen LogP contribution in [0.15, 0.2) is 63.6 Å². The molecule has 0 aliphatic carbocycles. The second-order valence-corrected chi connectivity index (χ2v) is 7.54. The van der Waals surface area contributed by atoms with Crippen molar-refractivity contribution >= 4 is 52.6 Å². The van der Waals surface area contributed by atoms with Gasteiger partial charge in [-0.3, -0.25) is 4.79 Å². The van der Waals surface area contributed by atoms with Crippen LogP contribution in [0.2, 0.25) is 10.0 Å². The quantitative estimate of drug-likeness (QED) is 0.507. The smallest absolute Gasteiger partial charge is 0.339 e. The molecule has 2 N–H and O–H groups in total. The van der Waals surface area contributed by atoms with Crippen molar-refractivity contribution in [1.29, 1.82) is 0 Å². The van der Waals surface area contributed by atoms with Crippen LogP contribution in [-0.4, -0.2) is 27.8 Å². The lowest BCUT2D eigenvalue weighted by Crippen LogP contribution is -2.21. The Morgan fingerprint density at radius 3 is 2.65 bits per heavy atom. The maximum absolute atomic E-state index is 12.9. The molecule has 31 heavy (non-hydrogen) atoms. The van der Waals surface area contributed by atoms with Crippen LogP contribution in [0.4, 0.5) is 5.69 Å². The number of hydrogen-bond acceptors (Lipinski definition) is 5. The molecule has 0 bridgehead atoms. The molecule has 1 aliphatic heterocycles. The van der Waals surface area contributed by atoms with Gasteiger partial charge in [-0.05, 0) is 61.5 Å². The summed E-state index contributed by atoms with van der Waals surface area (Å²) in [5.74, 6) is -1.28. The van der Waals surface area contributed by atoms with Crippen LogP contribution < -0.4 is 5.01 Å². The molecule has 0 fully saturated rings. The van der Waals surface area contributed by atoms with Gasteiger partial charge >= 0.3 is 5.97 Å². The van der Waals surface area contributed by atoms with Crippen molar-refractivity contribution < 1.29 is 24.2 Å². The number of phenols is 1. The predicted molar refractivity (Wildman–Crippen MR) is 118 cm³/mol. The number of carbonyl (C=O) groups excluding carboxylic acids is 1. The Kier molecular flexibility index (Phi) is 5.31. The molecular formula is C22H14Cl2N2O5. The second kappa shape index (κ2) is 7.94. The Hall–Kier alpha value is -3.55. The molecule has 0 saturated heterocycles. The third-order valence-corrected chi connectivity index (χ3v) is 5.19. The number of halogens is 2. The van der Waals surface area contributed by atoms with Crippen molar-refractivity contribution in [3.63, 3.8) is 0 Å². The van der Waals surface area contributed by atoms with Crippen molar-refractivity contribution in [1.82, 2.24) is 0 Å². The molecular weight excluding hydrogens is 443 g/mol. The maximum atomic E-state index is 12.9. The number of amides is 1. The first-order valence-corrected chi connectivity index (χ1v) is 9.73. The molecule has 2 heterocycles. The predicted octanol–water partition coefficient (Wildman–Crippen LogP) is 5.46. The van der Waals surface area contributed by atoms with Crippen LogP contribution in [0.25, 0.3) is 17.4 Å². The fraction of sp³-hybridized carbons (Fsp3) is 0.0455. The van der Waals surface area contributed by atoms with Crippen molar-refractivity contribution in [2.24, 2.45) is 5.10 Å². The highest BCUT2D eigenvalue weighted by molar-refractivity contribution is 6.35. The molecule has 0 atom stereocenters. The number of anilines is 1. The van der Waals surface area contributed by atoms with Gasteiger partial charge in [0.05, 0.1) is 22.0 Å². The van der Waals surface area contributed by atoms with Crippen LogP contribution in [0.5, 0.6) is 5.75 Å². The molecule has 1 aromatic heterocycles. The van der Waals surface area contributed by atoms with E-state index in [0.717, 1.165) is 5.01 Å². The third-order valence-electron chi connectivity index (χ3n) is 4.62. The first kappa shape index (κ1) is 20.7. The number of carboxylic acid groups (broad SMARTS) is 1. The zero-order chi connectivity index (χ0) is 22.3. The van der Waals surface area contributed by atoms with Crippen LogP contribution in [0.3, 0.4) is 0 Å². The zero-order valence-electron chi connectivity index (χ0n) is 16.0. The Morgan fingerprint density at radius 2 is 1.90 bits per heavy atom. The molecule has 4 rings (SSSR count). The standard InChI is InChI=1S/C22H14Cl2N2O5/c1-11-15(10-14-4-7-20(31-14)16-8-12(23)2-5-18(16)24)21(28)26(25-11)13-3-6-19(27)17(9-13)22(29)30/h2-10,27H,1H3,(H,29,30)/b15-10-. The van der Waals surface area contributed by atoms with E-state index in [9.17, 15) is 19.8 Å². The van der Waals surface area contributed by atoms with E-state index in [-0.39, 0.29) is 16.8 Å². The highest BCUT2D eigenvalue weighted by Crippen LogP contribution is 2.33. The highest BCUT2D eigenvalue weighted by Gasteiger charge is 2.30. The highest BCUT2D eigenvalue weighted by atomic mass is 35.5. The van der Waals surface area contributed by atoms with Gasteiger partial charge in [0.1, 0.15) is 22.8 Å². The summed E-state index contributed by atoms with van der Waals surface area (Å²) in [4.78, 5) is 24.2. The normalized spacial score (nSPS) is 14.9. The lowest BCUT2D eigenvalue weighted by molar-refractivity contribution is -0.114. The fourth-order valence-corrected chi connectivity index (χ4v) is 3.47. The summed E-state index contributed by atoms with van der Waals surface area (Å²) in [5, 5.41) is 25.1. The summed E-state index contributed by atoms with van der Waals surface area (Å²) < 4.78 is 5.82. The van der Waals surface area contributed by atoms with Crippen LogP contribution in [-0.2, 0) is 4.79 Å². The van der Waals surface area contributed by atoms with Crippen molar-refractivity contribution in [2.75, 3.05) is 5.01 Å². The van der Waals surface area contributed by atoms with Gasteiger partial charge in [0.15, 0.2) is 0 Å². The van der Waals surface area contributed by atoms with Gasteiger partial charge in [0, 0.05) is 10.6 Å². The minimum Gasteiger partial charge on any atom is -0.507 e. The first-order chi connectivity index (χ1) is 14.7. The van der Waals surface area contributed by atoms with Crippen molar-refractivity contribution in [3.8, 4) is 17.1 Å². The van der Waals surface area contributed by atoms with Crippen LogP contribution in [0, 0.1) is 0 Å².